The van der Waals surface area contributed by atoms with Crippen LogP contribution in [0.3, 0.4) is 0 Å². The summed E-state index contributed by atoms with van der Waals surface area (Å²) in [6.07, 6.45) is 6.45. The minimum absolute atomic E-state index is 0.113. The highest BCUT2D eigenvalue weighted by Gasteiger charge is 2.26. The second-order valence-corrected chi connectivity index (χ2v) is 6.60. The summed E-state index contributed by atoms with van der Waals surface area (Å²) in [5.41, 5.74) is 0. The molecule has 118 valence electrons. The van der Waals surface area contributed by atoms with Gasteiger partial charge in [-0.3, -0.25) is 14.4 Å². The van der Waals surface area contributed by atoms with E-state index in [9.17, 15) is 4.79 Å². The van der Waals surface area contributed by atoms with E-state index in [1.807, 2.05) is 10.7 Å². The van der Waals surface area contributed by atoms with Crippen LogP contribution in [-0.2, 0) is 17.8 Å². The molecule has 1 aliphatic rings. The molecule has 3 heterocycles. The third-order valence-electron chi connectivity index (χ3n) is 3.98. The van der Waals surface area contributed by atoms with E-state index in [1.165, 1.54) is 4.88 Å². The molecule has 0 aliphatic carbocycles. The molecule has 1 N–H and O–H groups in total. The van der Waals surface area contributed by atoms with Gasteiger partial charge in [-0.05, 0) is 37.3 Å². The Labute approximate surface area is 134 Å². The Kier molecular flexibility index (Phi) is 5.18. The Hall–Kier alpha value is -1.73. The fourth-order valence-corrected chi connectivity index (χ4v) is 3.58. The maximum Gasteiger partial charge on any atom is 0.234 e. The molecule has 7 heteroatoms. The van der Waals surface area contributed by atoms with Gasteiger partial charge >= 0.3 is 0 Å². The molecule has 0 spiro atoms. The van der Waals surface area contributed by atoms with Crippen LogP contribution >= 0.6 is 11.3 Å². The normalized spacial score (nSPS) is 18.6. The monoisotopic (exact) mass is 319 g/mol. The van der Waals surface area contributed by atoms with Crippen molar-refractivity contribution in [3.05, 3.63) is 35.0 Å². The lowest BCUT2D eigenvalue weighted by molar-refractivity contribution is -0.122. The number of aromatic nitrogens is 3. The number of hydrogen-bond acceptors (Lipinski definition) is 5. The summed E-state index contributed by atoms with van der Waals surface area (Å²) in [6.45, 7) is 2.98. The van der Waals surface area contributed by atoms with Crippen molar-refractivity contribution in [1.82, 2.24) is 25.0 Å². The van der Waals surface area contributed by atoms with E-state index in [1.54, 1.807) is 24.0 Å². The Morgan fingerprint density at radius 1 is 1.50 bits per heavy atom. The Morgan fingerprint density at radius 2 is 2.45 bits per heavy atom. The summed E-state index contributed by atoms with van der Waals surface area (Å²) in [7, 11) is 0. The van der Waals surface area contributed by atoms with Gasteiger partial charge < -0.3 is 5.32 Å². The molecule has 3 rings (SSSR count). The fourth-order valence-electron chi connectivity index (χ4n) is 2.87. The standard InChI is InChI=1S/C15H21N5OS/c21-15(17-6-5-14-4-2-8-22-14)10-19-7-1-3-13(19)9-20-12-16-11-18-20/h2,4,8,11-13H,1,3,5-7,9-10H2,(H,17,21)/t13-/m0/s1. The molecule has 1 amide bonds. The van der Waals surface area contributed by atoms with E-state index >= 15 is 0 Å². The first-order valence-electron chi connectivity index (χ1n) is 7.67. The highest BCUT2D eigenvalue weighted by molar-refractivity contribution is 7.09. The van der Waals surface area contributed by atoms with Crippen LogP contribution in [0.15, 0.2) is 30.2 Å². The number of carbonyl (C=O) groups is 1. The molecule has 2 aromatic rings. The molecule has 0 aromatic carbocycles. The van der Waals surface area contributed by atoms with Gasteiger partial charge in [0.2, 0.25) is 5.91 Å². The van der Waals surface area contributed by atoms with Crippen molar-refractivity contribution in [3.8, 4) is 0 Å². The molecule has 0 saturated carbocycles. The highest BCUT2D eigenvalue weighted by Crippen LogP contribution is 2.18. The molecule has 22 heavy (non-hydrogen) atoms. The third-order valence-corrected chi connectivity index (χ3v) is 4.92. The largest absolute Gasteiger partial charge is 0.355 e. The number of thiophene rings is 1. The number of carbonyl (C=O) groups excluding carboxylic acids is 1. The second-order valence-electron chi connectivity index (χ2n) is 5.56. The van der Waals surface area contributed by atoms with Crippen molar-refractivity contribution in [2.45, 2.75) is 31.8 Å². The number of nitrogens with one attached hydrogen (secondary N) is 1. The van der Waals surface area contributed by atoms with Crippen LogP contribution in [0.2, 0.25) is 0 Å². The first kappa shape index (κ1) is 15.2. The van der Waals surface area contributed by atoms with Gasteiger partial charge in [-0.15, -0.1) is 11.3 Å². The van der Waals surface area contributed by atoms with Crippen LogP contribution in [0.25, 0.3) is 0 Å². The maximum absolute atomic E-state index is 12.1. The first-order chi connectivity index (χ1) is 10.8. The average Bonchev–Trinajstić information content (AvgIpc) is 3.23. The summed E-state index contributed by atoms with van der Waals surface area (Å²) >= 11 is 1.73. The Bertz CT molecular complexity index is 569. The van der Waals surface area contributed by atoms with E-state index < -0.39 is 0 Å². The number of rotatable bonds is 7. The zero-order valence-electron chi connectivity index (χ0n) is 12.5. The summed E-state index contributed by atoms with van der Waals surface area (Å²) in [6, 6.07) is 4.52. The van der Waals surface area contributed by atoms with Crippen molar-refractivity contribution in [2.24, 2.45) is 0 Å². The molecular formula is C15H21N5OS. The fraction of sp³-hybridized carbons (Fsp3) is 0.533. The number of amides is 1. The lowest BCUT2D eigenvalue weighted by atomic mass is 10.2. The van der Waals surface area contributed by atoms with Gasteiger partial charge in [0.15, 0.2) is 0 Å². The minimum atomic E-state index is 0.113. The summed E-state index contributed by atoms with van der Waals surface area (Å²) < 4.78 is 1.84. The first-order valence-corrected chi connectivity index (χ1v) is 8.55. The molecular weight excluding hydrogens is 298 g/mol. The molecule has 1 fully saturated rings. The summed E-state index contributed by atoms with van der Waals surface area (Å²) in [4.78, 5) is 19.6. The van der Waals surface area contributed by atoms with E-state index in [2.05, 4.69) is 31.7 Å². The third kappa shape index (κ3) is 4.14. The Balaban J connectivity index is 1.41. The molecule has 2 aromatic heterocycles. The van der Waals surface area contributed by atoms with Crippen molar-refractivity contribution in [3.63, 3.8) is 0 Å². The molecule has 0 radical (unpaired) electrons. The molecule has 6 nitrogen and oxygen atoms in total. The van der Waals surface area contributed by atoms with Crippen LogP contribution in [-0.4, -0.2) is 51.2 Å². The van der Waals surface area contributed by atoms with Gasteiger partial charge in [0.05, 0.1) is 13.1 Å². The van der Waals surface area contributed by atoms with Crippen molar-refractivity contribution >= 4 is 17.2 Å². The summed E-state index contributed by atoms with van der Waals surface area (Å²) in [5.74, 6) is 0.113. The zero-order valence-corrected chi connectivity index (χ0v) is 13.3. The van der Waals surface area contributed by atoms with E-state index in [-0.39, 0.29) is 5.91 Å². The van der Waals surface area contributed by atoms with Crippen molar-refractivity contribution in [1.29, 1.82) is 0 Å². The van der Waals surface area contributed by atoms with Crippen molar-refractivity contribution < 1.29 is 4.79 Å². The van der Waals surface area contributed by atoms with Gasteiger partial charge in [0.1, 0.15) is 12.7 Å². The second kappa shape index (κ2) is 7.51. The molecule has 0 unspecified atom stereocenters. The van der Waals surface area contributed by atoms with Gasteiger partial charge in [0, 0.05) is 17.5 Å². The van der Waals surface area contributed by atoms with Crippen LogP contribution in [0.1, 0.15) is 17.7 Å². The Morgan fingerprint density at radius 3 is 3.23 bits per heavy atom. The van der Waals surface area contributed by atoms with Crippen LogP contribution < -0.4 is 5.32 Å². The topological polar surface area (TPSA) is 63.1 Å². The number of nitrogens with zero attached hydrogens (tertiary/aromatic N) is 4. The minimum Gasteiger partial charge on any atom is -0.355 e. The molecule has 1 saturated heterocycles. The SMILES string of the molecule is O=C(CN1CCC[C@H]1Cn1cncn1)NCCc1cccs1. The maximum atomic E-state index is 12.1. The lowest BCUT2D eigenvalue weighted by Gasteiger charge is -2.23. The van der Waals surface area contributed by atoms with Crippen LogP contribution in [0.4, 0.5) is 0 Å². The van der Waals surface area contributed by atoms with Gasteiger partial charge in [-0.2, -0.15) is 5.10 Å². The highest BCUT2D eigenvalue weighted by atomic mass is 32.1. The summed E-state index contributed by atoms with van der Waals surface area (Å²) in [5, 5.41) is 9.24. The predicted octanol–water partition coefficient (Wildman–Crippen LogP) is 1.16. The molecule has 0 bridgehead atoms. The van der Waals surface area contributed by atoms with E-state index in [0.717, 1.165) is 32.4 Å². The van der Waals surface area contributed by atoms with Gasteiger partial charge in [-0.25, -0.2) is 4.98 Å². The predicted molar refractivity (Wildman–Crippen MR) is 85.6 cm³/mol. The molecule has 1 aliphatic heterocycles. The van der Waals surface area contributed by atoms with Gasteiger partial charge in [-0.1, -0.05) is 6.07 Å². The van der Waals surface area contributed by atoms with E-state index in [4.69, 9.17) is 0 Å². The molecule has 1 atom stereocenters. The lowest BCUT2D eigenvalue weighted by Crippen LogP contribution is -2.41. The smallest absolute Gasteiger partial charge is 0.234 e. The zero-order chi connectivity index (χ0) is 15.2. The number of hydrogen-bond donors (Lipinski definition) is 1. The quantitative estimate of drug-likeness (QED) is 0.832. The van der Waals surface area contributed by atoms with Gasteiger partial charge in [0.25, 0.3) is 0 Å². The van der Waals surface area contributed by atoms with E-state index in [0.29, 0.717) is 19.1 Å². The average molecular weight is 319 g/mol. The number of likely N-dealkylation sites (tertiary alicyclic amines) is 1. The van der Waals surface area contributed by atoms with Crippen LogP contribution in [0, 0.1) is 0 Å². The van der Waals surface area contributed by atoms with Crippen LogP contribution in [0.5, 0.6) is 0 Å². The van der Waals surface area contributed by atoms with Crippen molar-refractivity contribution in [2.75, 3.05) is 19.6 Å².